The van der Waals surface area contributed by atoms with Crippen molar-refractivity contribution in [3.63, 3.8) is 0 Å². The van der Waals surface area contributed by atoms with Gasteiger partial charge in [0, 0.05) is 12.6 Å². The summed E-state index contributed by atoms with van der Waals surface area (Å²) in [5.41, 5.74) is 6.16. The average molecular weight is 252 g/mol. The minimum absolute atomic E-state index is 0.458. The second kappa shape index (κ2) is 5.39. The number of hydrogen-bond donors (Lipinski definition) is 1. The molecule has 6 nitrogen and oxygen atoms in total. The molecule has 0 aliphatic rings. The summed E-state index contributed by atoms with van der Waals surface area (Å²) in [6.07, 6.45) is 0. The highest BCUT2D eigenvalue weighted by molar-refractivity contribution is 6.39. The van der Waals surface area contributed by atoms with Crippen molar-refractivity contribution < 1.29 is 19.1 Å². The first-order valence-corrected chi connectivity index (χ1v) is 5.23. The van der Waals surface area contributed by atoms with Crippen molar-refractivity contribution in [2.75, 3.05) is 26.2 Å². The maximum absolute atomic E-state index is 11.5. The fraction of sp³-hybridized carbons (Fsp3) is 0.333. The Kier molecular flexibility index (Phi) is 4.14. The highest BCUT2D eigenvalue weighted by atomic mass is 16.5. The number of amides is 2. The molecule has 0 aliphatic carbocycles. The maximum Gasteiger partial charge on any atom is 0.315 e. The van der Waals surface area contributed by atoms with Crippen LogP contribution in [0.4, 0.5) is 5.69 Å². The maximum atomic E-state index is 11.5. The van der Waals surface area contributed by atoms with Crippen molar-refractivity contribution in [3.8, 4) is 11.5 Å². The summed E-state index contributed by atoms with van der Waals surface area (Å²) in [6.45, 7) is 1.80. The fourth-order valence-electron chi connectivity index (χ4n) is 1.68. The van der Waals surface area contributed by atoms with Crippen LogP contribution in [0.2, 0.25) is 0 Å². The summed E-state index contributed by atoms with van der Waals surface area (Å²) in [5, 5.41) is 0. The van der Waals surface area contributed by atoms with Crippen LogP contribution in [0.3, 0.4) is 0 Å². The molecule has 0 saturated carbocycles. The minimum atomic E-state index is -1.02. The number of hydrogen-bond acceptors (Lipinski definition) is 4. The van der Waals surface area contributed by atoms with Crippen LogP contribution in [0.25, 0.3) is 0 Å². The quantitative estimate of drug-likeness (QED) is 0.792. The van der Waals surface area contributed by atoms with Crippen molar-refractivity contribution in [1.29, 1.82) is 0 Å². The first-order valence-electron chi connectivity index (χ1n) is 5.23. The summed E-state index contributed by atoms with van der Waals surface area (Å²) in [4.78, 5) is 23.6. The van der Waals surface area contributed by atoms with Gasteiger partial charge in [0.1, 0.15) is 11.5 Å². The second-order valence-electron chi connectivity index (χ2n) is 3.67. The van der Waals surface area contributed by atoms with Gasteiger partial charge in [-0.3, -0.25) is 9.59 Å². The molecule has 6 heteroatoms. The Hall–Kier alpha value is -2.24. The van der Waals surface area contributed by atoms with Crippen LogP contribution < -0.4 is 20.1 Å². The van der Waals surface area contributed by atoms with E-state index in [9.17, 15) is 9.59 Å². The smallest absolute Gasteiger partial charge is 0.315 e. The number of nitrogens with zero attached hydrogens (tertiary/aromatic N) is 1. The van der Waals surface area contributed by atoms with Crippen LogP contribution in [0, 0.1) is 6.92 Å². The molecule has 18 heavy (non-hydrogen) atoms. The third-order valence-electron chi connectivity index (χ3n) is 2.64. The standard InChI is InChI=1S/C12H16N2O4/c1-7-9(17-3)6-5-8(10(7)18-4)14(2)12(16)11(13)15/h5-6H,1-4H3,(H2,13,15). The van der Waals surface area contributed by atoms with E-state index < -0.39 is 11.8 Å². The summed E-state index contributed by atoms with van der Waals surface area (Å²) >= 11 is 0. The Bertz CT molecular complexity index is 485. The van der Waals surface area contributed by atoms with Crippen molar-refractivity contribution in [3.05, 3.63) is 17.7 Å². The van der Waals surface area contributed by atoms with Crippen LogP contribution >= 0.6 is 0 Å². The minimum Gasteiger partial charge on any atom is -0.496 e. The van der Waals surface area contributed by atoms with Gasteiger partial charge < -0.3 is 20.1 Å². The summed E-state index contributed by atoms with van der Waals surface area (Å²) < 4.78 is 10.4. The molecule has 1 aromatic carbocycles. The predicted octanol–water partition coefficient (Wildman–Crippen LogP) is 0.460. The molecule has 0 fully saturated rings. The van der Waals surface area contributed by atoms with E-state index in [0.29, 0.717) is 17.2 Å². The highest BCUT2D eigenvalue weighted by Crippen LogP contribution is 2.36. The molecule has 0 radical (unpaired) electrons. The Balaban J connectivity index is 3.29. The van der Waals surface area contributed by atoms with Gasteiger partial charge in [-0.2, -0.15) is 0 Å². The fourth-order valence-corrected chi connectivity index (χ4v) is 1.68. The molecule has 1 aromatic rings. The molecule has 0 atom stereocenters. The van der Waals surface area contributed by atoms with Crippen molar-refractivity contribution in [1.82, 2.24) is 0 Å². The predicted molar refractivity (Wildman–Crippen MR) is 66.9 cm³/mol. The molecular weight excluding hydrogens is 236 g/mol. The number of carbonyl (C=O) groups is 2. The molecular formula is C12H16N2O4. The Morgan fingerprint density at radius 1 is 1.22 bits per heavy atom. The second-order valence-corrected chi connectivity index (χ2v) is 3.67. The van der Waals surface area contributed by atoms with Gasteiger partial charge >= 0.3 is 11.8 Å². The Morgan fingerprint density at radius 3 is 2.28 bits per heavy atom. The molecule has 0 saturated heterocycles. The number of ether oxygens (including phenoxy) is 2. The zero-order valence-electron chi connectivity index (χ0n) is 10.8. The van der Waals surface area contributed by atoms with Gasteiger partial charge in [0.05, 0.1) is 19.9 Å². The van der Waals surface area contributed by atoms with E-state index in [1.165, 1.54) is 14.2 Å². The molecule has 0 aromatic heterocycles. The van der Waals surface area contributed by atoms with Crippen molar-refractivity contribution in [2.45, 2.75) is 6.92 Å². The molecule has 0 aliphatic heterocycles. The molecule has 0 unspecified atom stereocenters. The largest absolute Gasteiger partial charge is 0.496 e. The van der Waals surface area contributed by atoms with Crippen LogP contribution in [-0.4, -0.2) is 33.1 Å². The topological polar surface area (TPSA) is 81.9 Å². The van der Waals surface area contributed by atoms with Crippen LogP contribution in [0.15, 0.2) is 12.1 Å². The number of methoxy groups -OCH3 is 2. The first-order chi connectivity index (χ1) is 8.43. The Morgan fingerprint density at radius 2 is 1.83 bits per heavy atom. The molecule has 0 heterocycles. The van der Waals surface area contributed by atoms with Gasteiger partial charge in [-0.25, -0.2) is 0 Å². The number of nitrogens with two attached hydrogens (primary N) is 1. The molecule has 98 valence electrons. The number of anilines is 1. The van der Waals surface area contributed by atoms with Gasteiger partial charge in [-0.05, 0) is 19.1 Å². The summed E-state index contributed by atoms with van der Waals surface area (Å²) in [5.74, 6) is -0.729. The Labute approximate surface area is 105 Å². The zero-order chi connectivity index (χ0) is 13.9. The number of likely N-dealkylation sites (N-methyl/N-ethyl adjacent to an activating group) is 1. The number of benzene rings is 1. The average Bonchev–Trinajstić information content (AvgIpc) is 2.36. The van der Waals surface area contributed by atoms with Gasteiger partial charge in [0.2, 0.25) is 0 Å². The van der Waals surface area contributed by atoms with E-state index >= 15 is 0 Å². The number of carbonyl (C=O) groups excluding carboxylic acids is 2. The van der Waals surface area contributed by atoms with Crippen molar-refractivity contribution >= 4 is 17.5 Å². The van der Waals surface area contributed by atoms with E-state index in [0.717, 1.165) is 10.5 Å². The first kappa shape index (κ1) is 13.8. The van der Waals surface area contributed by atoms with Crippen LogP contribution in [0.5, 0.6) is 11.5 Å². The van der Waals surface area contributed by atoms with E-state index in [1.54, 1.807) is 26.2 Å². The summed E-state index contributed by atoms with van der Waals surface area (Å²) in [6, 6.07) is 3.32. The van der Waals surface area contributed by atoms with Gasteiger partial charge in [-0.15, -0.1) is 0 Å². The molecule has 1 rings (SSSR count). The lowest BCUT2D eigenvalue weighted by atomic mass is 10.1. The van der Waals surface area contributed by atoms with Gasteiger partial charge in [0.15, 0.2) is 0 Å². The number of rotatable bonds is 3. The van der Waals surface area contributed by atoms with Gasteiger partial charge in [-0.1, -0.05) is 0 Å². The molecule has 0 bridgehead atoms. The third-order valence-corrected chi connectivity index (χ3v) is 2.64. The highest BCUT2D eigenvalue weighted by Gasteiger charge is 2.21. The SMILES string of the molecule is COc1ccc(N(C)C(=O)C(N)=O)c(OC)c1C. The summed E-state index contributed by atoms with van der Waals surface area (Å²) in [7, 11) is 4.48. The molecule has 2 N–H and O–H groups in total. The van der Waals surface area contributed by atoms with Crippen molar-refractivity contribution in [2.24, 2.45) is 5.73 Å². The lowest BCUT2D eigenvalue weighted by molar-refractivity contribution is -0.135. The van der Waals surface area contributed by atoms with Crippen LogP contribution in [-0.2, 0) is 9.59 Å². The van der Waals surface area contributed by atoms with E-state index in [4.69, 9.17) is 15.2 Å². The normalized spacial score (nSPS) is 9.78. The molecule has 2 amide bonds. The molecule has 0 spiro atoms. The van der Waals surface area contributed by atoms with Crippen LogP contribution in [0.1, 0.15) is 5.56 Å². The zero-order valence-corrected chi connectivity index (χ0v) is 10.8. The monoisotopic (exact) mass is 252 g/mol. The lowest BCUT2D eigenvalue weighted by Gasteiger charge is -2.21. The number of primary amides is 1. The lowest BCUT2D eigenvalue weighted by Crippen LogP contribution is -2.37. The van der Waals surface area contributed by atoms with E-state index in [2.05, 4.69) is 0 Å². The van der Waals surface area contributed by atoms with E-state index in [1.807, 2.05) is 0 Å². The van der Waals surface area contributed by atoms with Gasteiger partial charge in [0.25, 0.3) is 0 Å². The third kappa shape index (κ3) is 2.37. The van der Waals surface area contributed by atoms with E-state index in [-0.39, 0.29) is 0 Å².